The Kier molecular flexibility index (Phi) is 5.77. The minimum atomic E-state index is 0.210. The van der Waals surface area contributed by atoms with Gasteiger partial charge in [-0.15, -0.1) is 11.3 Å². The Bertz CT molecular complexity index is 537. The van der Waals surface area contributed by atoms with E-state index in [2.05, 4.69) is 57.5 Å². The van der Waals surface area contributed by atoms with Crippen molar-refractivity contribution in [2.24, 2.45) is 5.73 Å². The molecule has 0 aromatic carbocycles. The van der Waals surface area contributed by atoms with Crippen molar-refractivity contribution in [2.45, 2.75) is 32.5 Å². The first-order chi connectivity index (χ1) is 9.63. The van der Waals surface area contributed by atoms with Crippen molar-refractivity contribution in [3.8, 4) is 0 Å². The molecular formula is C14H21BrN4S. The average molecular weight is 357 g/mol. The van der Waals surface area contributed by atoms with Crippen LogP contribution >= 0.6 is 27.3 Å². The summed E-state index contributed by atoms with van der Waals surface area (Å²) in [5.41, 5.74) is 7.16. The number of halogens is 1. The van der Waals surface area contributed by atoms with E-state index in [4.69, 9.17) is 5.73 Å². The predicted molar refractivity (Wildman–Crippen MR) is 87.8 cm³/mol. The fourth-order valence-corrected chi connectivity index (χ4v) is 3.78. The van der Waals surface area contributed by atoms with E-state index >= 15 is 0 Å². The molecule has 0 amide bonds. The molecule has 0 saturated carbocycles. The van der Waals surface area contributed by atoms with Crippen LogP contribution in [0.2, 0.25) is 0 Å². The van der Waals surface area contributed by atoms with Crippen LogP contribution in [0.4, 0.5) is 0 Å². The molecule has 0 aliphatic heterocycles. The van der Waals surface area contributed by atoms with Crippen molar-refractivity contribution in [1.82, 2.24) is 14.7 Å². The molecule has 110 valence electrons. The Morgan fingerprint density at radius 2 is 2.35 bits per heavy atom. The van der Waals surface area contributed by atoms with Gasteiger partial charge in [0.15, 0.2) is 0 Å². The molecule has 2 aromatic rings. The maximum Gasteiger partial charge on any atom is 0.0538 e. The Labute approximate surface area is 132 Å². The van der Waals surface area contributed by atoms with Crippen LogP contribution in [0.25, 0.3) is 0 Å². The van der Waals surface area contributed by atoms with Crippen molar-refractivity contribution in [2.75, 3.05) is 13.6 Å². The maximum absolute atomic E-state index is 5.96. The molecule has 0 radical (unpaired) electrons. The van der Waals surface area contributed by atoms with Crippen molar-refractivity contribution in [1.29, 1.82) is 0 Å². The molecule has 0 bridgehead atoms. The summed E-state index contributed by atoms with van der Waals surface area (Å²) in [7, 11) is 2.11. The van der Waals surface area contributed by atoms with Crippen LogP contribution in [0.3, 0.4) is 0 Å². The summed E-state index contributed by atoms with van der Waals surface area (Å²) in [4.78, 5) is 3.62. The molecule has 6 heteroatoms. The second-order valence-corrected chi connectivity index (χ2v) is 6.85. The SMILES string of the molecule is CCCn1cc(C(CN)N(C)Cc2cc(Br)cs2)cn1. The Morgan fingerprint density at radius 3 is 2.95 bits per heavy atom. The van der Waals surface area contributed by atoms with E-state index in [1.165, 1.54) is 10.4 Å². The summed E-state index contributed by atoms with van der Waals surface area (Å²) in [6, 6.07) is 2.37. The van der Waals surface area contributed by atoms with Gasteiger partial charge in [-0.05, 0) is 35.5 Å². The van der Waals surface area contributed by atoms with Crippen molar-refractivity contribution in [3.63, 3.8) is 0 Å². The zero-order valence-electron chi connectivity index (χ0n) is 11.9. The fraction of sp³-hybridized carbons (Fsp3) is 0.500. The average Bonchev–Trinajstić information content (AvgIpc) is 3.01. The topological polar surface area (TPSA) is 47.1 Å². The van der Waals surface area contributed by atoms with Crippen LogP contribution in [-0.4, -0.2) is 28.3 Å². The van der Waals surface area contributed by atoms with Gasteiger partial charge in [-0.3, -0.25) is 9.58 Å². The number of likely N-dealkylation sites (N-methyl/N-ethyl adjacent to an activating group) is 1. The molecule has 0 spiro atoms. The first kappa shape index (κ1) is 15.7. The lowest BCUT2D eigenvalue weighted by Gasteiger charge is -2.25. The number of rotatable bonds is 7. The monoisotopic (exact) mass is 356 g/mol. The van der Waals surface area contributed by atoms with Gasteiger partial charge >= 0.3 is 0 Å². The van der Waals surface area contributed by atoms with Crippen molar-refractivity contribution >= 4 is 27.3 Å². The van der Waals surface area contributed by atoms with Crippen molar-refractivity contribution < 1.29 is 0 Å². The largest absolute Gasteiger partial charge is 0.329 e. The lowest BCUT2D eigenvalue weighted by molar-refractivity contribution is 0.243. The van der Waals surface area contributed by atoms with Crippen LogP contribution in [0.5, 0.6) is 0 Å². The predicted octanol–water partition coefficient (Wildman–Crippen LogP) is 3.25. The van der Waals surface area contributed by atoms with E-state index < -0.39 is 0 Å². The van der Waals surface area contributed by atoms with Gasteiger partial charge in [0.1, 0.15) is 0 Å². The normalized spacial score (nSPS) is 13.1. The van der Waals surface area contributed by atoms with Gasteiger partial charge in [-0.2, -0.15) is 5.10 Å². The summed E-state index contributed by atoms with van der Waals surface area (Å²) >= 11 is 5.26. The Hall–Kier alpha value is -0.690. The quantitative estimate of drug-likeness (QED) is 0.828. The number of hydrogen-bond donors (Lipinski definition) is 1. The number of nitrogens with two attached hydrogens (primary N) is 1. The smallest absolute Gasteiger partial charge is 0.0538 e. The van der Waals surface area contributed by atoms with E-state index in [1.807, 2.05) is 10.9 Å². The molecule has 2 aromatic heterocycles. The third-order valence-corrected chi connectivity index (χ3v) is 4.96. The van der Waals surface area contributed by atoms with E-state index in [-0.39, 0.29) is 6.04 Å². The second-order valence-electron chi connectivity index (χ2n) is 4.93. The zero-order valence-corrected chi connectivity index (χ0v) is 14.3. The van der Waals surface area contributed by atoms with Gasteiger partial charge in [0, 0.05) is 46.1 Å². The molecule has 20 heavy (non-hydrogen) atoms. The molecule has 0 aliphatic rings. The third-order valence-electron chi connectivity index (χ3n) is 3.27. The fourth-order valence-electron chi connectivity index (χ4n) is 2.27. The van der Waals surface area contributed by atoms with Crippen LogP contribution in [0.1, 0.15) is 29.8 Å². The molecule has 1 unspecified atom stereocenters. The van der Waals surface area contributed by atoms with Crippen molar-refractivity contribution in [3.05, 3.63) is 38.8 Å². The van der Waals surface area contributed by atoms with Gasteiger partial charge in [0.2, 0.25) is 0 Å². The van der Waals surface area contributed by atoms with E-state index in [9.17, 15) is 0 Å². The molecule has 2 rings (SSSR count). The summed E-state index contributed by atoms with van der Waals surface area (Å²) in [5, 5.41) is 6.51. The van der Waals surface area contributed by atoms with Crippen LogP contribution in [0.15, 0.2) is 28.3 Å². The highest BCUT2D eigenvalue weighted by Crippen LogP contribution is 2.25. The first-order valence-electron chi connectivity index (χ1n) is 6.79. The molecule has 0 saturated heterocycles. The highest BCUT2D eigenvalue weighted by Gasteiger charge is 2.18. The molecule has 2 heterocycles. The first-order valence-corrected chi connectivity index (χ1v) is 8.46. The van der Waals surface area contributed by atoms with Crippen LogP contribution in [-0.2, 0) is 13.1 Å². The summed E-state index contributed by atoms with van der Waals surface area (Å²) < 4.78 is 3.14. The molecule has 0 aliphatic carbocycles. The molecule has 1 atom stereocenters. The summed E-state index contributed by atoms with van der Waals surface area (Å²) in [6.07, 6.45) is 5.14. The van der Waals surface area contributed by atoms with E-state index in [1.54, 1.807) is 11.3 Å². The summed E-state index contributed by atoms with van der Waals surface area (Å²) in [5.74, 6) is 0. The lowest BCUT2D eigenvalue weighted by Crippen LogP contribution is -2.29. The molecule has 4 nitrogen and oxygen atoms in total. The zero-order chi connectivity index (χ0) is 14.5. The highest BCUT2D eigenvalue weighted by atomic mass is 79.9. The second kappa shape index (κ2) is 7.36. The number of thiophene rings is 1. The Balaban J connectivity index is 2.05. The summed E-state index contributed by atoms with van der Waals surface area (Å²) in [6.45, 7) is 4.61. The van der Waals surface area contributed by atoms with Gasteiger partial charge < -0.3 is 5.73 Å². The lowest BCUT2D eigenvalue weighted by atomic mass is 10.1. The van der Waals surface area contributed by atoms with Gasteiger partial charge in [-0.25, -0.2) is 0 Å². The van der Waals surface area contributed by atoms with Gasteiger partial charge in [0.05, 0.1) is 12.2 Å². The molecule has 0 fully saturated rings. The maximum atomic E-state index is 5.96. The third kappa shape index (κ3) is 3.91. The van der Waals surface area contributed by atoms with Gasteiger partial charge in [0.25, 0.3) is 0 Å². The van der Waals surface area contributed by atoms with E-state index in [0.29, 0.717) is 6.54 Å². The van der Waals surface area contributed by atoms with Crippen LogP contribution < -0.4 is 5.73 Å². The molecular weight excluding hydrogens is 336 g/mol. The number of nitrogens with zero attached hydrogens (tertiary/aromatic N) is 3. The standard InChI is InChI=1S/C14H21BrN4S/c1-3-4-19-8-11(7-17-19)14(6-16)18(2)9-13-5-12(15)10-20-13/h5,7-8,10,14H,3-4,6,9,16H2,1-2H3. The van der Waals surface area contributed by atoms with E-state index in [0.717, 1.165) is 24.0 Å². The minimum Gasteiger partial charge on any atom is -0.329 e. The number of aromatic nitrogens is 2. The number of aryl methyl sites for hydroxylation is 1. The number of hydrogen-bond acceptors (Lipinski definition) is 4. The molecule has 2 N–H and O–H groups in total. The minimum absolute atomic E-state index is 0.210. The van der Waals surface area contributed by atoms with Gasteiger partial charge in [-0.1, -0.05) is 6.92 Å². The highest BCUT2D eigenvalue weighted by molar-refractivity contribution is 9.10. The van der Waals surface area contributed by atoms with Crippen LogP contribution in [0, 0.1) is 0 Å². The Morgan fingerprint density at radius 1 is 1.55 bits per heavy atom.